The average Bonchev–Trinajstić information content (AvgIpc) is 3.27. The Balaban J connectivity index is 1.82. The number of aromatic nitrogens is 3. The molecule has 3 aromatic carbocycles. The Morgan fingerprint density at radius 3 is 2.63 bits per heavy atom. The summed E-state index contributed by atoms with van der Waals surface area (Å²) in [6.45, 7) is 2.10. The van der Waals surface area contributed by atoms with Gasteiger partial charge < -0.3 is 10.1 Å². The number of esters is 1. The molecule has 0 unspecified atom stereocenters. The van der Waals surface area contributed by atoms with Crippen LogP contribution < -0.4 is 5.32 Å². The monoisotopic (exact) mass is 396 g/mol. The first-order chi connectivity index (χ1) is 14.8. The molecule has 0 saturated carbocycles. The second kappa shape index (κ2) is 7.48. The minimum absolute atomic E-state index is 0.289. The number of anilines is 1. The fourth-order valence-corrected chi connectivity index (χ4v) is 4.00. The highest BCUT2D eigenvalue weighted by atomic mass is 16.5. The summed E-state index contributed by atoms with van der Waals surface area (Å²) in [4.78, 5) is 17.6. The molecule has 30 heavy (non-hydrogen) atoms. The number of hydrogen-bond donors (Lipinski definition) is 1. The third-order valence-corrected chi connectivity index (χ3v) is 5.27. The van der Waals surface area contributed by atoms with E-state index in [1.807, 2.05) is 61.5 Å². The highest BCUT2D eigenvalue weighted by Crippen LogP contribution is 2.40. The van der Waals surface area contributed by atoms with Crippen molar-refractivity contribution in [3.05, 3.63) is 95.8 Å². The summed E-state index contributed by atoms with van der Waals surface area (Å²) in [5.74, 6) is 0.211. The van der Waals surface area contributed by atoms with Crippen LogP contribution >= 0.6 is 0 Å². The predicted molar refractivity (Wildman–Crippen MR) is 116 cm³/mol. The number of carbonyl (C=O) groups excluding carboxylic acids is 1. The quantitative estimate of drug-likeness (QED) is 0.517. The van der Waals surface area contributed by atoms with Gasteiger partial charge in [0.1, 0.15) is 12.4 Å². The van der Waals surface area contributed by atoms with Gasteiger partial charge in [-0.3, -0.25) is 0 Å². The highest BCUT2D eigenvalue weighted by Gasteiger charge is 2.36. The van der Waals surface area contributed by atoms with Gasteiger partial charge in [-0.05, 0) is 28.8 Å². The molecule has 0 fully saturated rings. The third kappa shape index (κ3) is 2.93. The maximum absolute atomic E-state index is 13.3. The first kappa shape index (κ1) is 18.1. The van der Waals surface area contributed by atoms with Crippen molar-refractivity contribution in [2.45, 2.75) is 13.0 Å². The zero-order chi connectivity index (χ0) is 20.5. The molecule has 1 aromatic heterocycles. The molecule has 1 N–H and O–H groups in total. The number of rotatable bonds is 4. The topological polar surface area (TPSA) is 69.0 Å². The summed E-state index contributed by atoms with van der Waals surface area (Å²) in [6, 6.07) is 23.5. The van der Waals surface area contributed by atoms with Gasteiger partial charge in [0.2, 0.25) is 5.95 Å². The Kier molecular flexibility index (Phi) is 4.52. The van der Waals surface area contributed by atoms with E-state index < -0.39 is 6.04 Å². The van der Waals surface area contributed by atoms with E-state index in [2.05, 4.69) is 33.6 Å². The Labute approximate surface area is 173 Å². The van der Waals surface area contributed by atoms with Gasteiger partial charge >= 0.3 is 5.97 Å². The van der Waals surface area contributed by atoms with Gasteiger partial charge in [-0.1, -0.05) is 72.8 Å². The van der Waals surface area contributed by atoms with Gasteiger partial charge in [-0.15, -0.1) is 0 Å². The second-order valence-corrected chi connectivity index (χ2v) is 7.00. The first-order valence-corrected chi connectivity index (χ1v) is 9.89. The standard InChI is InChI=1S/C24H20N4O2/c1-2-30-23(29)20-21(17-10-4-3-5-11-17)27-24-25-15-26-28(24)22(20)19-14-8-12-16-9-6-7-13-18(16)19/h3-15,22H,2H2,1H3,(H,25,26,27)/t22-/m0/s1. The van der Waals surface area contributed by atoms with Crippen LogP contribution in [0, 0.1) is 0 Å². The molecule has 0 amide bonds. The van der Waals surface area contributed by atoms with Gasteiger partial charge in [0.25, 0.3) is 0 Å². The van der Waals surface area contributed by atoms with Crippen LogP contribution in [0.2, 0.25) is 0 Å². The molecule has 4 aromatic rings. The van der Waals surface area contributed by atoms with Gasteiger partial charge in [-0.25, -0.2) is 9.48 Å². The van der Waals surface area contributed by atoms with Crippen molar-refractivity contribution in [3.63, 3.8) is 0 Å². The lowest BCUT2D eigenvalue weighted by Gasteiger charge is -2.30. The number of benzene rings is 3. The molecule has 0 spiro atoms. The maximum atomic E-state index is 13.3. The molecule has 0 radical (unpaired) electrons. The van der Waals surface area contributed by atoms with Gasteiger partial charge in [-0.2, -0.15) is 10.1 Å². The molecular formula is C24H20N4O2. The molecular weight excluding hydrogens is 376 g/mol. The van der Waals surface area contributed by atoms with Crippen molar-refractivity contribution >= 4 is 28.4 Å². The van der Waals surface area contributed by atoms with Crippen LogP contribution in [-0.2, 0) is 9.53 Å². The Bertz CT molecular complexity index is 1260. The zero-order valence-electron chi connectivity index (χ0n) is 16.4. The highest BCUT2D eigenvalue weighted by molar-refractivity contribution is 6.03. The van der Waals surface area contributed by atoms with Crippen molar-refractivity contribution in [2.75, 3.05) is 11.9 Å². The molecule has 0 aliphatic carbocycles. The minimum Gasteiger partial charge on any atom is -0.463 e. The van der Waals surface area contributed by atoms with E-state index in [0.717, 1.165) is 21.9 Å². The van der Waals surface area contributed by atoms with Crippen LogP contribution in [-0.4, -0.2) is 27.3 Å². The number of carbonyl (C=O) groups is 1. The third-order valence-electron chi connectivity index (χ3n) is 5.27. The number of nitrogens with zero attached hydrogens (tertiary/aromatic N) is 3. The van der Waals surface area contributed by atoms with Crippen LogP contribution in [0.5, 0.6) is 0 Å². The van der Waals surface area contributed by atoms with E-state index in [-0.39, 0.29) is 12.6 Å². The fourth-order valence-electron chi connectivity index (χ4n) is 4.00. The van der Waals surface area contributed by atoms with Crippen LogP contribution in [0.4, 0.5) is 5.95 Å². The van der Waals surface area contributed by atoms with E-state index in [0.29, 0.717) is 17.2 Å². The van der Waals surface area contributed by atoms with Crippen LogP contribution in [0.25, 0.3) is 16.5 Å². The molecule has 6 nitrogen and oxygen atoms in total. The molecule has 2 heterocycles. The average molecular weight is 396 g/mol. The molecule has 0 bridgehead atoms. The SMILES string of the molecule is CCOC(=O)C1=C(c2ccccc2)Nc2ncnn2[C@H]1c1cccc2ccccc12. The largest absolute Gasteiger partial charge is 0.463 e. The normalized spacial score (nSPS) is 15.6. The van der Waals surface area contributed by atoms with Crippen molar-refractivity contribution < 1.29 is 9.53 Å². The van der Waals surface area contributed by atoms with Gasteiger partial charge in [0, 0.05) is 0 Å². The van der Waals surface area contributed by atoms with E-state index in [1.54, 1.807) is 4.68 Å². The number of fused-ring (bicyclic) bond motifs is 2. The van der Waals surface area contributed by atoms with Crippen molar-refractivity contribution in [2.24, 2.45) is 0 Å². The fraction of sp³-hybridized carbons (Fsp3) is 0.125. The molecule has 1 aliphatic rings. The second-order valence-electron chi connectivity index (χ2n) is 7.00. The Morgan fingerprint density at radius 1 is 1.03 bits per heavy atom. The summed E-state index contributed by atoms with van der Waals surface area (Å²) >= 11 is 0. The Morgan fingerprint density at radius 2 is 1.80 bits per heavy atom. The van der Waals surface area contributed by atoms with Crippen LogP contribution in [0.1, 0.15) is 24.1 Å². The lowest BCUT2D eigenvalue weighted by Crippen LogP contribution is -2.30. The maximum Gasteiger partial charge on any atom is 0.338 e. The van der Waals surface area contributed by atoms with Crippen molar-refractivity contribution in [3.8, 4) is 0 Å². The molecule has 1 aliphatic heterocycles. The van der Waals surface area contributed by atoms with Crippen molar-refractivity contribution in [1.82, 2.24) is 14.8 Å². The van der Waals surface area contributed by atoms with Crippen molar-refractivity contribution in [1.29, 1.82) is 0 Å². The molecule has 6 heteroatoms. The summed E-state index contributed by atoms with van der Waals surface area (Å²) in [7, 11) is 0. The minimum atomic E-state index is -0.468. The number of hydrogen-bond acceptors (Lipinski definition) is 5. The lowest BCUT2D eigenvalue weighted by atomic mass is 9.90. The molecule has 1 atom stereocenters. The van der Waals surface area contributed by atoms with Crippen LogP contribution in [0.3, 0.4) is 0 Å². The van der Waals surface area contributed by atoms with E-state index >= 15 is 0 Å². The zero-order valence-corrected chi connectivity index (χ0v) is 16.4. The van der Waals surface area contributed by atoms with Gasteiger partial charge in [0.15, 0.2) is 0 Å². The molecule has 148 valence electrons. The summed E-state index contributed by atoms with van der Waals surface area (Å²) in [5.41, 5.74) is 3.06. The summed E-state index contributed by atoms with van der Waals surface area (Å²) < 4.78 is 7.24. The van der Waals surface area contributed by atoms with Gasteiger partial charge in [0.05, 0.1) is 17.9 Å². The van der Waals surface area contributed by atoms with E-state index in [1.165, 1.54) is 6.33 Å². The van der Waals surface area contributed by atoms with E-state index in [9.17, 15) is 4.79 Å². The molecule has 0 saturated heterocycles. The summed E-state index contributed by atoms with van der Waals surface area (Å²) in [5, 5.41) is 9.90. The Hall–Kier alpha value is -3.93. The lowest BCUT2D eigenvalue weighted by molar-refractivity contribution is -0.138. The number of ether oxygens (including phenoxy) is 1. The smallest absolute Gasteiger partial charge is 0.338 e. The summed E-state index contributed by atoms with van der Waals surface area (Å²) in [6.07, 6.45) is 1.50. The predicted octanol–water partition coefficient (Wildman–Crippen LogP) is 4.42. The molecule has 5 rings (SSSR count). The first-order valence-electron chi connectivity index (χ1n) is 9.89. The van der Waals surface area contributed by atoms with E-state index in [4.69, 9.17) is 4.74 Å². The van der Waals surface area contributed by atoms with Crippen LogP contribution in [0.15, 0.2) is 84.7 Å². The number of nitrogens with one attached hydrogen (secondary N) is 1.